The highest BCUT2D eigenvalue weighted by Gasteiger charge is 2.40. The van der Waals surface area contributed by atoms with E-state index in [1.165, 1.54) is 38.8 Å². The highest BCUT2D eigenvalue weighted by Crippen LogP contribution is 2.42. The van der Waals surface area contributed by atoms with Crippen LogP contribution in [0.1, 0.15) is 46.5 Å². The molecule has 3 atom stereocenters. The third-order valence-corrected chi connectivity index (χ3v) is 5.11. The number of piperidine rings is 1. The van der Waals surface area contributed by atoms with E-state index in [0.29, 0.717) is 5.41 Å². The van der Waals surface area contributed by atoms with Gasteiger partial charge < -0.3 is 5.73 Å². The molecule has 1 saturated carbocycles. The van der Waals surface area contributed by atoms with E-state index in [-0.39, 0.29) is 0 Å². The van der Waals surface area contributed by atoms with E-state index in [9.17, 15) is 0 Å². The summed E-state index contributed by atoms with van der Waals surface area (Å²) < 4.78 is 0. The van der Waals surface area contributed by atoms with Gasteiger partial charge in [-0.1, -0.05) is 20.3 Å². The Labute approximate surface area is 101 Å². The second kappa shape index (κ2) is 4.66. The first-order chi connectivity index (χ1) is 7.56. The molecule has 2 N–H and O–H groups in total. The lowest BCUT2D eigenvalue weighted by atomic mass is 9.68. The van der Waals surface area contributed by atoms with Crippen LogP contribution in [0.2, 0.25) is 0 Å². The van der Waals surface area contributed by atoms with Crippen molar-refractivity contribution in [2.24, 2.45) is 23.0 Å². The number of nitrogens with zero attached hydrogens (tertiary/aromatic N) is 1. The maximum absolute atomic E-state index is 5.97. The summed E-state index contributed by atoms with van der Waals surface area (Å²) >= 11 is 0. The van der Waals surface area contributed by atoms with Crippen LogP contribution in [-0.2, 0) is 0 Å². The average molecular weight is 224 g/mol. The van der Waals surface area contributed by atoms with Crippen molar-refractivity contribution < 1.29 is 0 Å². The van der Waals surface area contributed by atoms with E-state index >= 15 is 0 Å². The first-order valence-electron chi connectivity index (χ1n) is 7.00. The van der Waals surface area contributed by atoms with Crippen molar-refractivity contribution in [3.8, 4) is 0 Å². The van der Waals surface area contributed by atoms with E-state index in [1.54, 1.807) is 0 Å². The minimum absolute atomic E-state index is 0.477. The Hall–Kier alpha value is -0.0800. The molecule has 0 radical (unpaired) electrons. The smallest absolute Gasteiger partial charge is 0.00930 e. The Morgan fingerprint density at radius 1 is 1.25 bits per heavy atom. The molecule has 0 bridgehead atoms. The zero-order valence-electron chi connectivity index (χ0n) is 11.2. The van der Waals surface area contributed by atoms with Gasteiger partial charge in [0.05, 0.1) is 0 Å². The van der Waals surface area contributed by atoms with Crippen molar-refractivity contribution in [3.63, 3.8) is 0 Å². The van der Waals surface area contributed by atoms with E-state index in [0.717, 1.165) is 24.4 Å². The fourth-order valence-corrected chi connectivity index (χ4v) is 3.58. The Bertz CT molecular complexity index is 229. The number of nitrogens with two attached hydrogens (primary N) is 1. The summed E-state index contributed by atoms with van der Waals surface area (Å²) in [5.74, 6) is 1.71. The Kier molecular flexibility index (Phi) is 3.60. The molecule has 1 heterocycles. The highest BCUT2D eigenvalue weighted by atomic mass is 15.2. The maximum Gasteiger partial charge on any atom is 0.00930 e. The highest BCUT2D eigenvalue weighted by molar-refractivity contribution is 4.94. The molecule has 16 heavy (non-hydrogen) atoms. The quantitative estimate of drug-likeness (QED) is 0.798. The van der Waals surface area contributed by atoms with Gasteiger partial charge in [-0.15, -0.1) is 0 Å². The lowest BCUT2D eigenvalue weighted by molar-refractivity contribution is 0.00657. The number of hydrogen-bond acceptors (Lipinski definition) is 2. The summed E-state index contributed by atoms with van der Waals surface area (Å²) in [5.41, 5.74) is 6.45. The predicted octanol–water partition coefficient (Wildman–Crippen LogP) is 2.48. The second-order valence-electron chi connectivity index (χ2n) is 6.55. The molecule has 0 aromatic rings. The molecule has 0 spiro atoms. The lowest BCUT2D eigenvalue weighted by Gasteiger charge is -2.49. The number of likely N-dealkylation sites (tertiary alicyclic amines) is 1. The van der Waals surface area contributed by atoms with Gasteiger partial charge in [0.25, 0.3) is 0 Å². The maximum atomic E-state index is 5.97. The fourth-order valence-electron chi connectivity index (χ4n) is 3.58. The van der Waals surface area contributed by atoms with Gasteiger partial charge >= 0.3 is 0 Å². The summed E-state index contributed by atoms with van der Waals surface area (Å²) in [4.78, 5) is 2.71. The van der Waals surface area contributed by atoms with Crippen molar-refractivity contribution in [1.82, 2.24) is 4.90 Å². The largest absolute Gasteiger partial charge is 0.330 e. The van der Waals surface area contributed by atoms with Crippen molar-refractivity contribution >= 4 is 0 Å². The van der Waals surface area contributed by atoms with Crippen LogP contribution in [0.5, 0.6) is 0 Å². The van der Waals surface area contributed by atoms with Crippen LogP contribution < -0.4 is 5.73 Å². The summed E-state index contributed by atoms with van der Waals surface area (Å²) in [6, 6.07) is 0.750. The van der Waals surface area contributed by atoms with Crippen LogP contribution >= 0.6 is 0 Å². The van der Waals surface area contributed by atoms with Crippen LogP contribution in [0.15, 0.2) is 0 Å². The van der Waals surface area contributed by atoms with Crippen LogP contribution in [0.4, 0.5) is 0 Å². The molecular weight excluding hydrogens is 196 g/mol. The minimum Gasteiger partial charge on any atom is -0.330 e. The number of hydrogen-bond donors (Lipinski definition) is 1. The second-order valence-corrected chi connectivity index (χ2v) is 6.55. The standard InChI is InChI=1S/C14H28N2/c1-11-7-12(2)13(3)16(8-11)10-14(9-15)5-4-6-14/h11-13H,4-10,15H2,1-3H3. The fraction of sp³-hybridized carbons (Fsp3) is 1.00. The molecule has 2 nitrogen and oxygen atoms in total. The van der Waals surface area contributed by atoms with Gasteiger partial charge in [0.15, 0.2) is 0 Å². The molecule has 0 aromatic heterocycles. The molecule has 0 amide bonds. The Morgan fingerprint density at radius 2 is 1.94 bits per heavy atom. The normalized spacial score (nSPS) is 39.4. The monoisotopic (exact) mass is 224 g/mol. The van der Waals surface area contributed by atoms with Crippen molar-refractivity contribution in [2.75, 3.05) is 19.6 Å². The molecular formula is C14H28N2. The third-order valence-electron chi connectivity index (χ3n) is 5.11. The summed E-state index contributed by atoms with van der Waals surface area (Å²) in [5, 5.41) is 0. The number of rotatable bonds is 3. The SMILES string of the molecule is CC1CC(C)C(C)N(CC2(CN)CCC2)C1. The zero-order chi connectivity index (χ0) is 11.8. The molecule has 1 saturated heterocycles. The molecule has 0 aromatic carbocycles. The summed E-state index contributed by atoms with van der Waals surface area (Å²) in [6.07, 6.45) is 5.50. The van der Waals surface area contributed by atoms with E-state index in [1.807, 2.05) is 0 Å². The minimum atomic E-state index is 0.477. The van der Waals surface area contributed by atoms with Gasteiger partial charge in [-0.2, -0.15) is 0 Å². The average Bonchev–Trinajstić information content (AvgIpc) is 2.18. The zero-order valence-corrected chi connectivity index (χ0v) is 11.2. The van der Waals surface area contributed by atoms with Gasteiger partial charge in [0.1, 0.15) is 0 Å². The predicted molar refractivity (Wildman–Crippen MR) is 69.3 cm³/mol. The van der Waals surface area contributed by atoms with Gasteiger partial charge in [0.2, 0.25) is 0 Å². The van der Waals surface area contributed by atoms with Gasteiger partial charge in [-0.3, -0.25) is 4.90 Å². The molecule has 3 unspecified atom stereocenters. The van der Waals surface area contributed by atoms with Crippen molar-refractivity contribution in [3.05, 3.63) is 0 Å². The third kappa shape index (κ3) is 2.28. The molecule has 2 heteroatoms. The van der Waals surface area contributed by atoms with Crippen LogP contribution in [0.3, 0.4) is 0 Å². The van der Waals surface area contributed by atoms with Crippen molar-refractivity contribution in [2.45, 2.75) is 52.5 Å². The van der Waals surface area contributed by atoms with E-state index < -0.39 is 0 Å². The van der Waals surface area contributed by atoms with E-state index in [2.05, 4.69) is 25.7 Å². The molecule has 1 aliphatic heterocycles. The summed E-state index contributed by atoms with van der Waals surface area (Å²) in [6.45, 7) is 10.6. The summed E-state index contributed by atoms with van der Waals surface area (Å²) in [7, 11) is 0. The molecule has 94 valence electrons. The van der Waals surface area contributed by atoms with Crippen LogP contribution in [0.25, 0.3) is 0 Å². The van der Waals surface area contributed by atoms with Crippen molar-refractivity contribution in [1.29, 1.82) is 0 Å². The first-order valence-corrected chi connectivity index (χ1v) is 7.00. The van der Waals surface area contributed by atoms with Gasteiger partial charge in [-0.25, -0.2) is 0 Å². The lowest BCUT2D eigenvalue weighted by Crippen LogP contribution is -2.54. The van der Waals surface area contributed by atoms with Crippen LogP contribution in [-0.4, -0.2) is 30.6 Å². The van der Waals surface area contributed by atoms with E-state index in [4.69, 9.17) is 5.73 Å². The molecule has 2 rings (SSSR count). The Balaban J connectivity index is 1.97. The molecule has 2 fully saturated rings. The van der Waals surface area contributed by atoms with Crippen LogP contribution in [0, 0.1) is 17.3 Å². The van der Waals surface area contributed by atoms with Gasteiger partial charge in [0, 0.05) is 19.1 Å². The first kappa shape index (κ1) is 12.4. The topological polar surface area (TPSA) is 29.3 Å². The molecule has 2 aliphatic rings. The Morgan fingerprint density at radius 3 is 2.44 bits per heavy atom. The molecule has 1 aliphatic carbocycles. The van der Waals surface area contributed by atoms with Gasteiger partial charge in [-0.05, 0) is 50.0 Å².